The summed E-state index contributed by atoms with van der Waals surface area (Å²) in [6.45, 7) is 9.18. The molecular formula is C22H30N2O5. The number of benzene rings is 1. The van der Waals surface area contributed by atoms with Gasteiger partial charge in [0.05, 0.1) is 19.3 Å². The first-order valence-corrected chi connectivity index (χ1v) is 10.00. The summed E-state index contributed by atoms with van der Waals surface area (Å²) < 4.78 is 10.8. The molecule has 1 aromatic carbocycles. The van der Waals surface area contributed by atoms with E-state index in [1.54, 1.807) is 26.0 Å². The van der Waals surface area contributed by atoms with Gasteiger partial charge in [0.15, 0.2) is 5.76 Å². The summed E-state index contributed by atoms with van der Waals surface area (Å²) >= 11 is 0. The van der Waals surface area contributed by atoms with Gasteiger partial charge in [-0.3, -0.25) is 4.79 Å². The van der Waals surface area contributed by atoms with Crippen LogP contribution in [0.1, 0.15) is 42.0 Å². The number of amides is 1. The van der Waals surface area contributed by atoms with E-state index in [4.69, 9.17) is 14.3 Å². The van der Waals surface area contributed by atoms with Crippen molar-refractivity contribution in [1.82, 2.24) is 9.96 Å². The van der Waals surface area contributed by atoms with Gasteiger partial charge in [0.25, 0.3) is 5.91 Å². The predicted molar refractivity (Wildman–Crippen MR) is 109 cm³/mol. The van der Waals surface area contributed by atoms with Crippen molar-refractivity contribution in [2.75, 3.05) is 33.9 Å². The Morgan fingerprint density at radius 3 is 2.24 bits per heavy atom. The summed E-state index contributed by atoms with van der Waals surface area (Å²) in [5, 5.41) is 1.85. The highest BCUT2D eigenvalue weighted by Crippen LogP contribution is 2.47. The third-order valence-electron chi connectivity index (χ3n) is 5.99. The first kappa shape index (κ1) is 21.3. The van der Waals surface area contributed by atoms with E-state index >= 15 is 0 Å². The van der Waals surface area contributed by atoms with Crippen LogP contribution in [-0.2, 0) is 19.1 Å². The maximum Gasteiger partial charge on any atom is 0.513 e. The minimum Gasteiger partial charge on any atom is -0.434 e. The van der Waals surface area contributed by atoms with Gasteiger partial charge in [-0.1, -0.05) is 17.7 Å². The second-order valence-corrected chi connectivity index (χ2v) is 7.77. The van der Waals surface area contributed by atoms with E-state index in [0.717, 1.165) is 22.3 Å². The number of rotatable bonds is 4. The Labute approximate surface area is 172 Å². The van der Waals surface area contributed by atoms with Crippen LogP contribution in [0.4, 0.5) is 4.79 Å². The topological polar surface area (TPSA) is 68.3 Å². The van der Waals surface area contributed by atoms with Crippen molar-refractivity contribution in [1.29, 1.82) is 0 Å². The largest absolute Gasteiger partial charge is 0.513 e. The Kier molecular flexibility index (Phi) is 6.00. The lowest BCUT2D eigenvalue weighted by atomic mass is 9.84. The molecule has 158 valence electrons. The van der Waals surface area contributed by atoms with Gasteiger partial charge in [-0.15, -0.1) is 0 Å². The van der Waals surface area contributed by atoms with Crippen molar-refractivity contribution in [3.63, 3.8) is 0 Å². The number of carbonyl (C=O) groups excluding carboxylic acids is 2. The van der Waals surface area contributed by atoms with Crippen LogP contribution in [-0.4, -0.2) is 61.4 Å². The molecule has 1 aromatic rings. The van der Waals surface area contributed by atoms with E-state index in [1.807, 2.05) is 38.0 Å². The van der Waals surface area contributed by atoms with E-state index in [9.17, 15) is 9.59 Å². The Balaban J connectivity index is 2.18. The first-order valence-electron chi connectivity index (χ1n) is 10.00. The van der Waals surface area contributed by atoms with Crippen molar-refractivity contribution >= 4 is 17.6 Å². The average molecular weight is 402 g/mol. The van der Waals surface area contributed by atoms with E-state index in [-0.39, 0.29) is 12.5 Å². The lowest BCUT2D eigenvalue weighted by molar-refractivity contribution is -0.162. The summed E-state index contributed by atoms with van der Waals surface area (Å²) in [5.41, 5.74) is 3.68. The van der Waals surface area contributed by atoms with Crippen molar-refractivity contribution in [2.24, 2.45) is 0 Å². The number of likely N-dealkylation sites (N-methyl/N-ethyl adjacent to an activating group) is 1. The Bertz CT molecular complexity index is 830. The molecule has 0 atom stereocenters. The number of hydroxylamine groups is 2. The molecule has 7 nitrogen and oxygen atoms in total. The first-order chi connectivity index (χ1) is 13.7. The lowest BCUT2D eigenvalue weighted by Gasteiger charge is -2.43. The highest BCUT2D eigenvalue weighted by Gasteiger charge is 2.54. The van der Waals surface area contributed by atoms with Crippen molar-refractivity contribution in [2.45, 2.75) is 46.1 Å². The zero-order chi connectivity index (χ0) is 21.3. The number of piperidine rings is 1. The maximum atomic E-state index is 13.5. The third-order valence-corrected chi connectivity index (χ3v) is 5.99. The molecule has 0 saturated carbocycles. The van der Waals surface area contributed by atoms with Crippen LogP contribution in [0.25, 0.3) is 5.57 Å². The number of ether oxygens (including phenoxy) is 2. The Hall–Kier alpha value is -2.38. The van der Waals surface area contributed by atoms with Crippen LogP contribution >= 0.6 is 0 Å². The van der Waals surface area contributed by atoms with E-state index < -0.39 is 11.7 Å². The number of carbonyl (C=O) groups is 2. The maximum absolute atomic E-state index is 13.5. The normalized spacial score (nSPS) is 19.2. The minimum atomic E-state index is -0.779. The fraction of sp³-hybridized carbons (Fsp3) is 0.545. The summed E-state index contributed by atoms with van der Waals surface area (Å²) in [5.74, 6) is 0.263. The number of nitrogens with zero attached hydrogens (tertiary/aromatic N) is 2. The van der Waals surface area contributed by atoms with Crippen LogP contribution in [0, 0.1) is 20.8 Å². The molecule has 0 N–H and O–H groups in total. The molecule has 29 heavy (non-hydrogen) atoms. The van der Waals surface area contributed by atoms with Gasteiger partial charge in [-0.25, -0.2) is 4.79 Å². The van der Waals surface area contributed by atoms with Crippen molar-refractivity contribution in [3.8, 4) is 0 Å². The standard InChI is InChI=1S/C22H30N2O5/c1-7-28-21(26)29-19-18(17-15(3)12-14(2)13-16(17)4)20(25)23(5)22(19)8-10-24(27-6)11-9-22/h12-13H,7-11H2,1-6H3. The van der Waals surface area contributed by atoms with Gasteiger partial charge in [-0.05, 0) is 57.2 Å². The molecule has 1 fully saturated rings. The third kappa shape index (κ3) is 3.65. The lowest BCUT2D eigenvalue weighted by Crippen LogP contribution is -2.53. The second-order valence-electron chi connectivity index (χ2n) is 7.77. The molecule has 2 aliphatic rings. The molecule has 3 rings (SSSR count). The zero-order valence-electron chi connectivity index (χ0n) is 18.1. The molecule has 0 aromatic heterocycles. The molecule has 0 bridgehead atoms. The molecule has 1 saturated heterocycles. The molecule has 1 spiro atoms. The van der Waals surface area contributed by atoms with Crippen LogP contribution in [0.2, 0.25) is 0 Å². The van der Waals surface area contributed by atoms with E-state index in [2.05, 4.69) is 0 Å². The van der Waals surface area contributed by atoms with Gasteiger partial charge >= 0.3 is 6.16 Å². The molecule has 0 unspecified atom stereocenters. The van der Waals surface area contributed by atoms with Crippen molar-refractivity contribution < 1.29 is 23.9 Å². The average Bonchev–Trinajstić information content (AvgIpc) is 2.85. The quantitative estimate of drug-likeness (QED) is 0.720. The van der Waals surface area contributed by atoms with Gasteiger partial charge in [0.1, 0.15) is 5.54 Å². The van der Waals surface area contributed by atoms with Gasteiger partial charge < -0.3 is 19.2 Å². The fourth-order valence-electron chi connectivity index (χ4n) is 4.62. The zero-order valence-corrected chi connectivity index (χ0v) is 18.1. The molecule has 2 aliphatic heterocycles. The SMILES string of the molecule is CCOC(=O)OC1=C(c2c(C)cc(C)cc2C)C(=O)N(C)C12CCN(OC)CC2. The summed E-state index contributed by atoms with van der Waals surface area (Å²) in [6, 6.07) is 4.09. The van der Waals surface area contributed by atoms with Crippen LogP contribution in [0.15, 0.2) is 17.9 Å². The monoisotopic (exact) mass is 402 g/mol. The molecule has 0 radical (unpaired) electrons. The van der Waals surface area contributed by atoms with Gasteiger partial charge in [-0.2, -0.15) is 5.06 Å². The van der Waals surface area contributed by atoms with Crippen LogP contribution in [0.5, 0.6) is 0 Å². The molecule has 7 heteroatoms. The molecule has 2 heterocycles. The summed E-state index contributed by atoms with van der Waals surface area (Å²) in [4.78, 5) is 32.9. The highest BCUT2D eigenvalue weighted by molar-refractivity contribution is 6.24. The predicted octanol–water partition coefficient (Wildman–Crippen LogP) is 3.36. The van der Waals surface area contributed by atoms with Gasteiger partial charge in [0, 0.05) is 20.1 Å². The molecular weight excluding hydrogens is 372 g/mol. The molecule has 1 amide bonds. The Morgan fingerprint density at radius 2 is 1.72 bits per heavy atom. The number of hydrogen-bond donors (Lipinski definition) is 0. The van der Waals surface area contributed by atoms with Crippen LogP contribution in [0.3, 0.4) is 0 Å². The summed E-state index contributed by atoms with van der Waals surface area (Å²) in [7, 11) is 3.42. The second kappa shape index (κ2) is 8.16. The van der Waals surface area contributed by atoms with Crippen LogP contribution < -0.4 is 0 Å². The Morgan fingerprint density at radius 1 is 1.14 bits per heavy atom. The smallest absolute Gasteiger partial charge is 0.434 e. The minimum absolute atomic E-state index is 0.134. The number of hydrogen-bond acceptors (Lipinski definition) is 6. The fourth-order valence-corrected chi connectivity index (χ4v) is 4.62. The molecule has 0 aliphatic carbocycles. The number of aryl methyl sites for hydroxylation is 3. The summed E-state index contributed by atoms with van der Waals surface area (Å²) in [6.07, 6.45) is 0.426. The highest BCUT2D eigenvalue weighted by atomic mass is 16.7. The van der Waals surface area contributed by atoms with Crippen molar-refractivity contribution in [3.05, 3.63) is 40.1 Å². The van der Waals surface area contributed by atoms with Gasteiger partial charge in [0.2, 0.25) is 0 Å². The van der Waals surface area contributed by atoms with E-state index in [0.29, 0.717) is 37.3 Å². The van der Waals surface area contributed by atoms with E-state index in [1.165, 1.54) is 0 Å².